The fraction of sp³-hybridized carbons (Fsp3) is 0.318. The molecule has 0 spiro atoms. The molecule has 1 saturated carbocycles. The number of para-hydroxylation sites is 1. The minimum Gasteiger partial charge on any atom is -0.348 e. The Morgan fingerprint density at radius 3 is 2.84 bits per heavy atom. The number of carbonyl (C=O) groups is 2. The fourth-order valence-corrected chi connectivity index (χ4v) is 3.44. The van der Waals surface area contributed by atoms with Crippen molar-refractivity contribution in [2.75, 3.05) is 0 Å². The molecule has 9 heteroatoms. The minimum atomic E-state index is -1.40. The summed E-state index contributed by atoms with van der Waals surface area (Å²) < 4.78 is 14.0. The minimum absolute atomic E-state index is 0.158. The van der Waals surface area contributed by atoms with Gasteiger partial charge in [0.1, 0.15) is 17.6 Å². The molecule has 8 nitrogen and oxygen atoms in total. The third-order valence-electron chi connectivity index (χ3n) is 5.41. The van der Waals surface area contributed by atoms with Gasteiger partial charge in [-0.2, -0.15) is 5.26 Å². The molecule has 3 aromatic rings. The largest absolute Gasteiger partial charge is 0.348 e. The van der Waals surface area contributed by atoms with E-state index in [-0.39, 0.29) is 11.2 Å². The number of hydrogen-bond donors (Lipinski definition) is 3. The topological polar surface area (TPSA) is 124 Å². The third-order valence-corrected chi connectivity index (χ3v) is 5.41. The normalized spacial score (nSPS) is 16.2. The molecule has 1 aromatic carbocycles. The molecule has 1 unspecified atom stereocenters. The van der Waals surface area contributed by atoms with Crippen molar-refractivity contribution < 1.29 is 14.0 Å². The Bertz CT molecular complexity index is 1170. The number of carbonyl (C=O) groups excluding carboxylic acids is 2. The summed E-state index contributed by atoms with van der Waals surface area (Å²) >= 11 is 0. The first-order chi connectivity index (χ1) is 14.9. The van der Waals surface area contributed by atoms with Crippen LogP contribution in [0.15, 0.2) is 42.9 Å². The van der Waals surface area contributed by atoms with Gasteiger partial charge in [0.25, 0.3) is 5.91 Å². The highest BCUT2D eigenvalue weighted by Gasteiger charge is 2.36. The number of nitrogens with one attached hydrogen (secondary N) is 3. The van der Waals surface area contributed by atoms with Gasteiger partial charge in [0, 0.05) is 17.8 Å². The Balaban J connectivity index is 1.53. The van der Waals surface area contributed by atoms with Crippen LogP contribution in [0.5, 0.6) is 0 Å². The predicted octanol–water partition coefficient (Wildman–Crippen LogP) is 2.55. The van der Waals surface area contributed by atoms with Crippen LogP contribution in [-0.2, 0) is 10.3 Å². The quantitative estimate of drug-likeness (QED) is 0.542. The molecular weight excluding hydrogens is 399 g/mol. The van der Waals surface area contributed by atoms with Gasteiger partial charge in [-0.1, -0.05) is 25.0 Å². The molecule has 31 heavy (non-hydrogen) atoms. The van der Waals surface area contributed by atoms with Crippen LogP contribution in [0.2, 0.25) is 0 Å². The van der Waals surface area contributed by atoms with E-state index in [1.54, 1.807) is 18.2 Å². The van der Waals surface area contributed by atoms with E-state index in [1.165, 1.54) is 31.6 Å². The van der Waals surface area contributed by atoms with Gasteiger partial charge in [-0.15, -0.1) is 0 Å². The molecule has 1 aliphatic carbocycles. The Morgan fingerprint density at radius 2 is 2.19 bits per heavy atom. The summed E-state index contributed by atoms with van der Waals surface area (Å²) in [6.07, 6.45) is 6.75. The number of H-pyrrole nitrogens is 1. The molecule has 0 saturated heterocycles. The first kappa shape index (κ1) is 20.5. The van der Waals surface area contributed by atoms with Crippen LogP contribution in [0.25, 0.3) is 10.9 Å². The molecule has 1 fully saturated rings. The Hall–Kier alpha value is -3.80. The van der Waals surface area contributed by atoms with Crippen molar-refractivity contribution in [2.24, 2.45) is 5.92 Å². The van der Waals surface area contributed by atoms with Crippen LogP contribution in [0.1, 0.15) is 42.4 Å². The lowest BCUT2D eigenvalue weighted by atomic mass is 9.98. The second-order valence-electron chi connectivity index (χ2n) is 7.91. The lowest BCUT2D eigenvalue weighted by molar-refractivity contribution is -0.124. The van der Waals surface area contributed by atoms with Gasteiger partial charge in [-0.05, 0) is 31.4 Å². The molecule has 2 atom stereocenters. The highest BCUT2D eigenvalue weighted by Crippen LogP contribution is 2.34. The summed E-state index contributed by atoms with van der Waals surface area (Å²) in [5.41, 5.74) is -0.711. The lowest BCUT2D eigenvalue weighted by Gasteiger charge is -2.26. The summed E-state index contributed by atoms with van der Waals surface area (Å²) in [7, 11) is 0. The standard InChI is InChI=1S/C22H21FN6O2/c1-22(12-24,18-11-25-7-8-26-18)29-21(31)16(9-13-5-6-13)28-20(30)17-10-14-3-2-4-15(23)19(14)27-17/h2-4,7-8,10-11,13,16,27H,5-6,9H2,1H3,(H,28,30)(H,29,31)/t16-,22?/m0/s1. The average Bonchev–Trinajstić information content (AvgIpc) is 3.48. The van der Waals surface area contributed by atoms with E-state index in [1.807, 2.05) is 0 Å². The number of benzene rings is 1. The van der Waals surface area contributed by atoms with E-state index in [0.717, 1.165) is 12.8 Å². The van der Waals surface area contributed by atoms with Gasteiger partial charge in [0.2, 0.25) is 5.91 Å². The number of fused-ring (bicyclic) bond motifs is 1. The number of nitrogens with zero attached hydrogens (tertiary/aromatic N) is 3. The summed E-state index contributed by atoms with van der Waals surface area (Å²) in [5, 5.41) is 15.7. The van der Waals surface area contributed by atoms with Crippen molar-refractivity contribution >= 4 is 22.7 Å². The Kier molecular flexibility index (Phi) is 5.38. The smallest absolute Gasteiger partial charge is 0.268 e. The number of rotatable bonds is 7. The molecular formula is C22H21FN6O2. The highest BCUT2D eigenvalue weighted by atomic mass is 19.1. The van der Waals surface area contributed by atoms with Crippen molar-refractivity contribution in [1.82, 2.24) is 25.6 Å². The summed E-state index contributed by atoms with van der Waals surface area (Å²) in [6, 6.07) is 7.32. The molecule has 0 aliphatic heterocycles. The number of halogens is 1. The van der Waals surface area contributed by atoms with E-state index in [2.05, 4.69) is 31.7 Å². The molecule has 2 amide bonds. The summed E-state index contributed by atoms with van der Waals surface area (Å²) in [5.74, 6) is -1.13. The van der Waals surface area contributed by atoms with Gasteiger partial charge in [-0.25, -0.2) is 4.39 Å². The van der Waals surface area contributed by atoms with Gasteiger partial charge >= 0.3 is 0 Å². The van der Waals surface area contributed by atoms with Crippen LogP contribution < -0.4 is 10.6 Å². The maximum Gasteiger partial charge on any atom is 0.268 e. The van der Waals surface area contributed by atoms with Crippen LogP contribution >= 0.6 is 0 Å². The summed E-state index contributed by atoms with van der Waals surface area (Å²) in [4.78, 5) is 36.7. The van der Waals surface area contributed by atoms with Crippen LogP contribution in [0, 0.1) is 23.1 Å². The molecule has 2 aromatic heterocycles. The number of amides is 2. The Labute approximate surface area is 177 Å². The van der Waals surface area contributed by atoms with E-state index in [9.17, 15) is 19.2 Å². The molecule has 0 bridgehead atoms. The molecule has 158 valence electrons. The number of aromatic nitrogens is 3. The molecule has 2 heterocycles. The average molecular weight is 420 g/mol. The van der Waals surface area contributed by atoms with E-state index in [4.69, 9.17) is 0 Å². The number of nitriles is 1. The molecule has 3 N–H and O–H groups in total. The van der Waals surface area contributed by atoms with Crippen LogP contribution in [0.3, 0.4) is 0 Å². The highest BCUT2D eigenvalue weighted by molar-refractivity contribution is 6.00. The number of aromatic amines is 1. The van der Waals surface area contributed by atoms with Gasteiger partial charge in [0.05, 0.1) is 23.5 Å². The third kappa shape index (κ3) is 4.38. The first-order valence-corrected chi connectivity index (χ1v) is 9.97. The zero-order valence-electron chi connectivity index (χ0n) is 16.9. The van der Waals surface area contributed by atoms with E-state index < -0.39 is 29.2 Å². The Morgan fingerprint density at radius 1 is 1.39 bits per heavy atom. The monoisotopic (exact) mass is 420 g/mol. The maximum absolute atomic E-state index is 14.0. The van der Waals surface area contributed by atoms with Gasteiger partial charge in [-0.3, -0.25) is 19.6 Å². The number of hydrogen-bond acceptors (Lipinski definition) is 5. The lowest BCUT2D eigenvalue weighted by Crippen LogP contribution is -2.53. The zero-order valence-corrected chi connectivity index (χ0v) is 16.9. The van der Waals surface area contributed by atoms with Crippen molar-refractivity contribution in [3.8, 4) is 6.07 Å². The fourth-order valence-electron chi connectivity index (χ4n) is 3.44. The summed E-state index contributed by atoms with van der Waals surface area (Å²) in [6.45, 7) is 1.53. The SMILES string of the molecule is CC(C#N)(NC(=O)[C@H](CC1CC1)NC(=O)c1cc2cccc(F)c2[nH]1)c1cnccn1. The van der Waals surface area contributed by atoms with Crippen molar-refractivity contribution in [3.05, 3.63) is 60.1 Å². The predicted molar refractivity (Wildman–Crippen MR) is 110 cm³/mol. The molecule has 0 radical (unpaired) electrons. The van der Waals surface area contributed by atoms with E-state index in [0.29, 0.717) is 23.4 Å². The van der Waals surface area contributed by atoms with Crippen molar-refractivity contribution in [2.45, 2.75) is 37.8 Å². The molecule has 4 rings (SSSR count). The molecule has 1 aliphatic rings. The van der Waals surface area contributed by atoms with Crippen molar-refractivity contribution in [3.63, 3.8) is 0 Å². The second kappa shape index (κ2) is 8.14. The zero-order chi connectivity index (χ0) is 22.0. The maximum atomic E-state index is 14.0. The van der Waals surface area contributed by atoms with Crippen molar-refractivity contribution in [1.29, 1.82) is 5.26 Å². The second-order valence-corrected chi connectivity index (χ2v) is 7.91. The van der Waals surface area contributed by atoms with Crippen LogP contribution in [-0.4, -0.2) is 32.8 Å². The van der Waals surface area contributed by atoms with E-state index >= 15 is 0 Å². The van der Waals surface area contributed by atoms with Gasteiger partial charge in [0.15, 0.2) is 5.54 Å². The van der Waals surface area contributed by atoms with Gasteiger partial charge < -0.3 is 15.6 Å². The van der Waals surface area contributed by atoms with Crippen LogP contribution in [0.4, 0.5) is 4.39 Å². The first-order valence-electron chi connectivity index (χ1n) is 9.97.